The molecule has 0 radical (unpaired) electrons. The molecule has 2 aliphatic heterocycles. The second kappa shape index (κ2) is 9.42. The summed E-state index contributed by atoms with van der Waals surface area (Å²) in [4.78, 5) is 2.39. The third-order valence-electron chi connectivity index (χ3n) is 7.45. The molecule has 32 heavy (non-hydrogen) atoms. The molecule has 1 N–H and O–H groups in total. The van der Waals surface area contributed by atoms with Crippen molar-refractivity contribution in [2.45, 2.75) is 51.0 Å². The van der Waals surface area contributed by atoms with Crippen molar-refractivity contribution in [1.82, 2.24) is 0 Å². The standard InChI is InChI=1S/C27H32N2O3/c28-18-24-23(21-6-9-26-27(17-21)32-15-14-31-26)2-1-3-25(24)29-12-10-20(11-13-29)16-19-4-7-22(30)8-5-19/h1-3,6,9,17,19-20,22,30H,4-5,7-8,10-16H2. The molecule has 0 aromatic heterocycles. The number of nitriles is 1. The van der Waals surface area contributed by atoms with Gasteiger partial charge in [-0.3, -0.25) is 0 Å². The minimum atomic E-state index is -0.0704. The zero-order valence-electron chi connectivity index (χ0n) is 18.6. The third-order valence-corrected chi connectivity index (χ3v) is 7.45. The van der Waals surface area contributed by atoms with Gasteiger partial charge in [0, 0.05) is 18.7 Å². The first kappa shape index (κ1) is 21.2. The third kappa shape index (κ3) is 4.42. The summed E-state index contributed by atoms with van der Waals surface area (Å²) < 4.78 is 11.4. The van der Waals surface area contributed by atoms with Crippen molar-refractivity contribution in [3.63, 3.8) is 0 Å². The summed E-state index contributed by atoms with van der Waals surface area (Å²) >= 11 is 0. The predicted octanol–water partition coefficient (Wildman–Crippen LogP) is 5.15. The Balaban J connectivity index is 1.29. The molecule has 1 aliphatic carbocycles. The van der Waals surface area contributed by atoms with Crippen LogP contribution >= 0.6 is 0 Å². The Morgan fingerprint density at radius 1 is 0.906 bits per heavy atom. The number of ether oxygens (including phenoxy) is 2. The summed E-state index contributed by atoms with van der Waals surface area (Å²) in [6.45, 7) is 3.13. The lowest BCUT2D eigenvalue weighted by atomic mass is 9.79. The van der Waals surface area contributed by atoms with E-state index >= 15 is 0 Å². The Kier molecular flexibility index (Phi) is 6.23. The van der Waals surface area contributed by atoms with Crippen LogP contribution in [0.3, 0.4) is 0 Å². The van der Waals surface area contributed by atoms with E-state index in [1.807, 2.05) is 24.3 Å². The molecule has 2 aromatic rings. The highest BCUT2D eigenvalue weighted by atomic mass is 16.6. The number of nitrogens with zero attached hydrogens (tertiary/aromatic N) is 2. The fraction of sp³-hybridized carbons (Fsp3) is 0.519. The summed E-state index contributed by atoms with van der Waals surface area (Å²) in [7, 11) is 0. The number of hydrogen-bond donors (Lipinski definition) is 1. The molecule has 1 saturated carbocycles. The van der Waals surface area contributed by atoms with E-state index in [4.69, 9.17) is 9.47 Å². The van der Waals surface area contributed by atoms with Crippen LogP contribution < -0.4 is 14.4 Å². The highest BCUT2D eigenvalue weighted by molar-refractivity contribution is 5.79. The van der Waals surface area contributed by atoms with Crippen LogP contribution in [0.2, 0.25) is 0 Å². The van der Waals surface area contributed by atoms with Gasteiger partial charge in [-0.25, -0.2) is 0 Å². The molecule has 0 bridgehead atoms. The van der Waals surface area contributed by atoms with Gasteiger partial charge in [-0.1, -0.05) is 18.2 Å². The lowest BCUT2D eigenvalue weighted by molar-refractivity contribution is 0.0996. The van der Waals surface area contributed by atoms with Crippen LogP contribution in [0.5, 0.6) is 11.5 Å². The molecule has 2 aromatic carbocycles. The highest BCUT2D eigenvalue weighted by Crippen LogP contribution is 2.39. The van der Waals surface area contributed by atoms with E-state index in [0.29, 0.717) is 13.2 Å². The lowest BCUT2D eigenvalue weighted by Crippen LogP contribution is -2.35. The quantitative estimate of drug-likeness (QED) is 0.723. The van der Waals surface area contributed by atoms with Gasteiger partial charge < -0.3 is 19.5 Å². The lowest BCUT2D eigenvalue weighted by Gasteiger charge is -2.36. The van der Waals surface area contributed by atoms with Gasteiger partial charge in [0.25, 0.3) is 0 Å². The second-order valence-corrected chi connectivity index (χ2v) is 9.51. The van der Waals surface area contributed by atoms with Crippen molar-refractivity contribution in [2.75, 3.05) is 31.2 Å². The van der Waals surface area contributed by atoms with Crippen molar-refractivity contribution >= 4 is 5.69 Å². The number of hydrogen-bond acceptors (Lipinski definition) is 5. The largest absolute Gasteiger partial charge is 0.486 e. The summed E-state index contributed by atoms with van der Waals surface area (Å²) in [6.07, 6.45) is 7.89. The van der Waals surface area contributed by atoms with Crippen molar-refractivity contribution in [3.8, 4) is 28.7 Å². The Bertz CT molecular complexity index is 983. The summed E-state index contributed by atoms with van der Waals surface area (Å²) in [5, 5.41) is 19.8. The monoisotopic (exact) mass is 432 g/mol. The number of piperidine rings is 1. The van der Waals surface area contributed by atoms with E-state index in [1.165, 1.54) is 32.1 Å². The number of benzene rings is 2. The van der Waals surface area contributed by atoms with E-state index in [-0.39, 0.29) is 6.10 Å². The molecule has 5 nitrogen and oxygen atoms in total. The first-order valence-electron chi connectivity index (χ1n) is 12.1. The van der Waals surface area contributed by atoms with Crippen LogP contribution in [-0.4, -0.2) is 37.5 Å². The Morgan fingerprint density at radius 3 is 2.38 bits per heavy atom. The highest BCUT2D eigenvalue weighted by Gasteiger charge is 2.27. The maximum absolute atomic E-state index is 10.1. The molecule has 5 rings (SSSR count). The van der Waals surface area contributed by atoms with Gasteiger partial charge in [0.05, 0.1) is 17.4 Å². The molecule has 2 fully saturated rings. The molecular formula is C27H32N2O3. The summed E-state index contributed by atoms with van der Waals surface area (Å²) in [5.74, 6) is 3.06. The number of aliphatic hydroxyl groups is 1. The molecule has 5 heteroatoms. The zero-order valence-corrected chi connectivity index (χ0v) is 18.6. The summed E-state index contributed by atoms with van der Waals surface area (Å²) in [6, 6.07) is 14.6. The average molecular weight is 433 g/mol. The molecule has 0 spiro atoms. The Morgan fingerprint density at radius 2 is 1.62 bits per heavy atom. The number of rotatable bonds is 4. The molecule has 2 heterocycles. The predicted molar refractivity (Wildman–Crippen MR) is 125 cm³/mol. The Hall–Kier alpha value is -2.71. The van der Waals surface area contributed by atoms with E-state index in [2.05, 4.69) is 23.1 Å². The van der Waals surface area contributed by atoms with Gasteiger partial charge in [-0.15, -0.1) is 0 Å². The van der Waals surface area contributed by atoms with Crippen molar-refractivity contribution in [3.05, 3.63) is 42.0 Å². The van der Waals surface area contributed by atoms with Crippen molar-refractivity contribution in [1.29, 1.82) is 5.26 Å². The van der Waals surface area contributed by atoms with E-state index < -0.39 is 0 Å². The van der Waals surface area contributed by atoms with Crippen molar-refractivity contribution in [2.24, 2.45) is 11.8 Å². The maximum Gasteiger partial charge on any atom is 0.161 e. The molecule has 1 saturated heterocycles. The minimum absolute atomic E-state index is 0.0704. The normalized spacial score (nSPS) is 23.6. The fourth-order valence-corrected chi connectivity index (χ4v) is 5.63. The van der Waals surface area contributed by atoms with E-state index in [9.17, 15) is 10.4 Å². The van der Waals surface area contributed by atoms with Gasteiger partial charge in [0.2, 0.25) is 0 Å². The SMILES string of the molecule is N#Cc1c(-c2ccc3c(c2)OCCO3)cccc1N1CCC(CC2CCC(O)CC2)CC1. The first-order chi connectivity index (χ1) is 15.7. The van der Waals surface area contributed by atoms with Crippen LogP contribution in [0.15, 0.2) is 36.4 Å². The average Bonchev–Trinajstić information content (AvgIpc) is 2.85. The molecule has 168 valence electrons. The van der Waals surface area contributed by atoms with Crippen LogP contribution in [0.25, 0.3) is 11.1 Å². The smallest absolute Gasteiger partial charge is 0.161 e. The van der Waals surface area contributed by atoms with Crippen LogP contribution in [0.1, 0.15) is 50.5 Å². The Labute approximate surface area is 190 Å². The van der Waals surface area contributed by atoms with Gasteiger partial charge >= 0.3 is 0 Å². The van der Waals surface area contributed by atoms with E-state index in [1.54, 1.807) is 0 Å². The minimum Gasteiger partial charge on any atom is -0.486 e. The number of anilines is 1. The molecule has 0 unspecified atom stereocenters. The summed E-state index contributed by atoms with van der Waals surface area (Å²) in [5.41, 5.74) is 3.72. The molecular weight excluding hydrogens is 400 g/mol. The van der Waals surface area contributed by atoms with Gasteiger partial charge in [0.1, 0.15) is 19.3 Å². The van der Waals surface area contributed by atoms with Gasteiger partial charge in [-0.2, -0.15) is 5.26 Å². The van der Waals surface area contributed by atoms with Gasteiger partial charge in [0.15, 0.2) is 11.5 Å². The van der Waals surface area contributed by atoms with Crippen LogP contribution in [0.4, 0.5) is 5.69 Å². The number of fused-ring (bicyclic) bond motifs is 1. The molecule has 0 atom stereocenters. The van der Waals surface area contributed by atoms with Crippen LogP contribution in [0, 0.1) is 23.2 Å². The zero-order chi connectivity index (χ0) is 21.9. The topological polar surface area (TPSA) is 65.7 Å². The van der Waals surface area contributed by atoms with Gasteiger partial charge in [-0.05, 0) is 80.5 Å². The molecule has 0 amide bonds. The maximum atomic E-state index is 10.1. The van der Waals surface area contributed by atoms with E-state index in [0.717, 1.165) is 71.6 Å². The van der Waals surface area contributed by atoms with Crippen LogP contribution in [-0.2, 0) is 0 Å². The molecule has 3 aliphatic rings. The number of aliphatic hydroxyl groups excluding tert-OH is 1. The van der Waals surface area contributed by atoms with Crippen molar-refractivity contribution < 1.29 is 14.6 Å². The fourth-order valence-electron chi connectivity index (χ4n) is 5.63. The second-order valence-electron chi connectivity index (χ2n) is 9.51. The first-order valence-corrected chi connectivity index (χ1v) is 12.1.